The Kier molecular flexibility index (Phi) is 3.90. The molecule has 0 radical (unpaired) electrons. The Morgan fingerprint density at radius 3 is 2.60 bits per heavy atom. The van der Waals surface area contributed by atoms with E-state index in [0.29, 0.717) is 10.9 Å². The lowest BCUT2D eigenvalue weighted by Crippen LogP contribution is -1.88. The highest BCUT2D eigenvalue weighted by molar-refractivity contribution is 7.98. The third-order valence-electron chi connectivity index (χ3n) is 2.96. The molecule has 1 heterocycles. The largest absolute Gasteiger partial charge is 0.236 e. The van der Waals surface area contributed by atoms with E-state index in [2.05, 4.69) is 11.1 Å². The molecule has 0 aliphatic heterocycles. The van der Waals surface area contributed by atoms with Crippen molar-refractivity contribution in [3.05, 3.63) is 71.1 Å². The topological polar surface area (TPSA) is 12.9 Å². The third-order valence-corrected chi connectivity index (χ3v) is 4.35. The molecule has 3 aromatic rings. The molecule has 0 saturated heterocycles. The molecule has 0 aliphatic carbocycles. The average molecular weight is 304 g/mol. The van der Waals surface area contributed by atoms with E-state index >= 15 is 0 Å². The van der Waals surface area contributed by atoms with Gasteiger partial charge in [-0.25, -0.2) is 9.37 Å². The van der Waals surface area contributed by atoms with Crippen LogP contribution in [0.1, 0.15) is 5.56 Å². The predicted octanol–water partition coefficient (Wildman–Crippen LogP) is 5.32. The predicted molar refractivity (Wildman–Crippen MR) is 82.7 cm³/mol. The molecule has 0 aliphatic rings. The zero-order valence-corrected chi connectivity index (χ0v) is 12.1. The van der Waals surface area contributed by atoms with Gasteiger partial charge in [-0.05, 0) is 36.4 Å². The van der Waals surface area contributed by atoms with Crippen LogP contribution in [0.25, 0.3) is 10.9 Å². The number of rotatable bonds is 3. The molecule has 0 N–H and O–H groups in total. The van der Waals surface area contributed by atoms with E-state index in [9.17, 15) is 4.39 Å². The maximum absolute atomic E-state index is 12.8. The molecule has 1 nitrogen and oxygen atoms in total. The van der Waals surface area contributed by atoms with Gasteiger partial charge in [0.15, 0.2) is 0 Å². The van der Waals surface area contributed by atoms with Gasteiger partial charge in [0.2, 0.25) is 0 Å². The highest BCUT2D eigenvalue weighted by atomic mass is 35.5. The van der Waals surface area contributed by atoms with Crippen molar-refractivity contribution in [3.8, 4) is 0 Å². The van der Waals surface area contributed by atoms with Gasteiger partial charge in [0.05, 0.1) is 5.52 Å². The van der Waals surface area contributed by atoms with E-state index in [1.807, 2.05) is 24.3 Å². The molecule has 3 rings (SSSR count). The third kappa shape index (κ3) is 2.94. The maximum Gasteiger partial charge on any atom is 0.133 e. The van der Waals surface area contributed by atoms with Gasteiger partial charge >= 0.3 is 0 Å². The van der Waals surface area contributed by atoms with Crippen molar-refractivity contribution in [3.63, 3.8) is 0 Å². The van der Waals surface area contributed by atoms with E-state index in [1.165, 1.54) is 12.1 Å². The molecule has 0 saturated carbocycles. The summed E-state index contributed by atoms with van der Waals surface area (Å²) in [6.45, 7) is 0. The number of fused-ring (bicyclic) bond motifs is 1. The highest BCUT2D eigenvalue weighted by Gasteiger charge is 2.05. The maximum atomic E-state index is 12.8. The summed E-state index contributed by atoms with van der Waals surface area (Å²) >= 11 is 7.82. The smallest absolute Gasteiger partial charge is 0.133 e. The number of nitrogens with zero attached hydrogens (tertiary/aromatic N) is 1. The van der Waals surface area contributed by atoms with Gasteiger partial charge in [0, 0.05) is 21.6 Å². The van der Waals surface area contributed by atoms with Gasteiger partial charge in [-0.15, -0.1) is 11.8 Å². The minimum absolute atomic E-state index is 0.222. The van der Waals surface area contributed by atoms with Crippen LogP contribution in [0.3, 0.4) is 0 Å². The Morgan fingerprint density at radius 2 is 1.80 bits per heavy atom. The lowest BCUT2D eigenvalue weighted by atomic mass is 10.2. The second-order valence-corrected chi connectivity index (χ2v) is 5.78. The summed E-state index contributed by atoms with van der Waals surface area (Å²) in [4.78, 5) is 5.40. The lowest BCUT2D eigenvalue weighted by Gasteiger charge is -2.06. The molecule has 2 aromatic carbocycles. The van der Waals surface area contributed by atoms with Crippen molar-refractivity contribution in [2.45, 2.75) is 10.6 Å². The molecule has 0 bridgehead atoms. The zero-order chi connectivity index (χ0) is 13.9. The number of thioether (sulfide) groups is 1. The van der Waals surface area contributed by atoms with E-state index < -0.39 is 0 Å². The van der Waals surface area contributed by atoms with E-state index in [4.69, 9.17) is 11.6 Å². The molecule has 0 fully saturated rings. The summed E-state index contributed by atoms with van der Waals surface area (Å²) in [5.74, 6) is 0.488. The van der Waals surface area contributed by atoms with Crippen molar-refractivity contribution in [1.82, 2.24) is 4.98 Å². The van der Waals surface area contributed by atoms with Gasteiger partial charge in [-0.1, -0.05) is 29.8 Å². The molecular formula is C16H11ClFNS. The Morgan fingerprint density at radius 1 is 1.05 bits per heavy atom. The molecule has 0 atom stereocenters. The summed E-state index contributed by atoms with van der Waals surface area (Å²) in [5.41, 5.74) is 1.88. The molecule has 100 valence electrons. The fourth-order valence-corrected chi connectivity index (χ4v) is 3.09. The summed E-state index contributed by atoms with van der Waals surface area (Å²) in [7, 11) is 0. The summed E-state index contributed by atoms with van der Waals surface area (Å²) in [6, 6.07) is 16.4. The average Bonchev–Trinajstić information content (AvgIpc) is 2.47. The Hall–Kier alpha value is -1.58. The number of halogens is 2. The molecule has 0 spiro atoms. The van der Waals surface area contributed by atoms with Gasteiger partial charge < -0.3 is 0 Å². The van der Waals surface area contributed by atoms with Crippen molar-refractivity contribution >= 4 is 34.3 Å². The van der Waals surface area contributed by atoms with Crippen LogP contribution >= 0.6 is 23.4 Å². The van der Waals surface area contributed by atoms with Crippen molar-refractivity contribution in [1.29, 1.82) is 0 Å². The first-order valence-electron chi connectivity index (χ1n) is 6.15. The Bertz CT molecular complexity index is 743. The molecular weight excluding hydrogens is 293 g/mol. The van der Waals surface area contributed by atoms with Crippen molar-refractivity contribution in [2.24, 2.45) is 0 Å². The van der Waals surface area contributed by atoms with Crippen LogP contribution in [0.2, 0.25) is 5.15 Å². The number of aromatic nitrogens is 1. The molecule has 0 amide bonds. The monoisotopic (exact) mass is 303 g/mol. The quantitative estimate of drug-likeness (QED) is 0.480. The Labute approximate surface area is 125 Å². The number of hydrogen-bond donors (Lipinski definition) is 0. The molecule has 0 unspecified atom stereocenters. The van der Waals surface area contributed by atoms with Crippen LogP contribution in [0.4, 0.5) is 4.39 Å². The van der Waals surface area contributed by atoms with Crippen LogP contribution in [0, 0.1) is 5.82 Å². The summed E-state index contributed by atoms with van der Waals surface area (Å²) in [6.07, 6.45) is 0. The Balaban J connectivity index is 1.83. The molecule has 4 heteroatoms. The van der Waals surface area contributed by atoms with Gasteiger partial charge in [0.25, 0.3) is 0 Å². The SMILES string of the molecule is Fc1ccc(SCc2cc3ccccc3nc2Cl)cc1. The molecule has 1 aromatic heterocycles. The van der Waals surface area contributed by atoms with E-state index in [1.54, 1.807) is 23.9 Å². The first-order valence-corrected chi connectivity index (χ1v) is 7.51. The highest BCUT2D eigenvalue weighted by Crippen LogP contribution is 2.28. The summed E-state index contributed by atoms with van der Waals surface area (Å²) in [5, 5.41) is 1.60. The first kappa shape index (κ1) is 13.4. The zero-order valence-electron chi connectivity index (χ0n) is 10.5. The van der Waals surface area contributed by atoms with Crippen LogP contribution in [-0.2, 0) is 5.75 Å². The minimum Gasteiger partial charge on any atom is -0.236 e. The number of hydrogen-bond acceptors (Lipinski definition) is 2. The fraction of sp³-hybridized carbons (Fsp3) is 0.0625. The minimum atomic E-state index is -0.222. The van der Waals surface area contributed by atoms with Crippen LogP contribution in [-0.4, -0.2) is 4.98 Å². The second kappa shape index (κ2) is 5.81. The molecule has 20 heavy (non-hydrogen) atoms. The van der Waals surface area contributed by atoms with Gasteiger partial charge in [-0.3, -0.25) is 0 Å². The van der Waals surface area contributed by atoms with Crippen LogP contribution in [0.15, 0.2) is 59.5 Å². The number of para-hydroxylation sites is 1. The van der Waals surface area contributed by atoms with E-state index in [-0.39, 0.29) is 5.82 Å². The van der Waals surface area contributed by atoms with Gasteiger partial charge in [0.1, 0.15) is 11.0 Å². The standard InChI is InChI=1S/C16H11ClFNS/c17-16-12(9-11-3-1-2-4-15(11)19-16)10-20-14-7-5-13(18)6-8-14/h1-9H,10H2. The van der Waals surface area contributed by atoms with Crippen molar-refractivity contribution < 1.29 is 4.39 Å². The van der Waals surface area contributed by atoms with E-state index in [0.717, 1.165) is 21.4 Å². The fourth-order valence-electron chi connectivity index (χ4n) is 1.93. The number of pyridine rings is 1. The van der Waals surface area contributed by atoms with Gasteiger partial charge in [-0.2, -0.15) is 0 Å². The second-order valence-electron chi connectivity index (χ2n) is 4.37. The van der Waals surface area contributed by atoms with Crippen LogP contribution < -0.4 is 0 Å². The first-order chi connectivity index (χ1) is 9.72. The normalized spacial score (nSPS) is 10.9. The summed E-state index contributed by atoms with van der Waals surface area (Å²) < 4.78 is 12.8. The number of benzene rings is 2. The van der Waals surface area contributed by atoms with Crippen molar-refractivity contribution in [2.75, 3.05) is 0 Å². The van der Waals surface area contributed by atoms with Crippen LogP contribution in [0.5, 0.6) is 0 Å². The lowest BCUT2D eigenvalue weighted by molar-refractivity contribution is 0.626.